The van der Waals surface area contributed by atoms with E-state index in [1.165, 1.54) is 14.2 Å². The van der Waals surface area contributed by atoms with Crippen LogP contribution in [0, 0.1) is 11.8 Å². The Morgan fingerprint density at radius 2 is 1.06 bits per heavy atom. The van der Waals surface area contributed by atoms with Gasteiger partial charge in [-0.15, -0.1) is 0 Å². The van der Waals surface area contributed by atoms with Gasteiger partial charge < -0.3 is 29.6 Å². The average Bonchev–Trinajstić information content (AvgIpc) is 2.89. The molecule has 0 amide bonds. The normalized spacial score (nSPS) is 19.1. The zero-order valence-electron chi connectivity index (χ0n) is 22.5. The number of hydrogen-bond acceptors (Lipinski definition) is 10. The molecule has 1 aliphatic rings. The molecule has 2 atom stereocenters. The van der Waals surface area contributed by atoms with Crippen molar-refractivity contribution in [1.82, 2.24) is 10.6 Å². The highest BCUT2D eigenvalue weighted by Gasteiger charge is 2.27. The van der Waals surface area contributed by atoms with E-state index in [4.69, 9.17) is 18.9 Å². The van der Waals surface area contributed by atoms with Crippen molar-refractivity contribution in [2.75, 3.05) is 40.5 Å². The number of nitrogens with one attached hydrogen (secondary N) is 2. The second kappa shape index (κ2) is 19.0. The topological polar surface area (TPSA) is 129 Å². The van der Waals surface area contributed by atoms with Gasteiger partial charge in [0, 0.05) is 0 Å². The van der Waals surface area contributed by atoms with Gasteiger partial charge in [0.1, 0.15) is 12.1 Å². The third kappa shape index (κ3) is 13.2. The van der Waals surface area contributed by atoms with Crippen LogP contribution in [0.4, 0.5) is 0 Å². The molecular formula is C26H46N2O8. The van der Waals surface area contributed by atoms with Gasteiger partial charge >= 0.3 is 23.9 Å². The third-order valence-electron chi connectivity index (χ3n) is 6.48. The monoisotopic (exact) mass is 514 g/mol. The molecule has 1 fully saturated rings. The summed E-state index contributed by atoms with van der Waals surface area (Å²) in [7, 11) is 2.61. The molecular weight excluding hydrogens is 468 g/mol. The van der Waals surface area contributed by atoms with Crippen LogP contribution in [0.15, 0.2) is 0 Å². The van der Waals surface area contributed by atoms with E-state index >= 15 is 0 Å². The maximum Gasteiger partial charge on any atom is 0.323 e. The number of rotatable bonds is 18. The Kier molecular flexibility index (Phi) is 16.8. The molecule has 0 radical (unpaired) electrons. The predicted molar refractivity (Wildman–Crippen MR) is 134 cm³/mol. The first-order chi connectivity index (χ1) is 17.3. The van der Waals surface area contributed by atoms with Gasteiger partial charge in [-0.1, -0.05) is 26.7 Å². The summed E-state index contributed by atoms with van der Waals surface area (Å²) >= 11 is 0. The van der Waals surface area contributed by atoms with Crippen LogP contribution in [0.25, 0.3) is 0 Å². The summed E-state index contributed by atoms with van der Waals surface area (Å²) in [5, 5.41) is 6.11. The molecule has 0 spiro atoms. The molecule has 2 N–H and O–H groups in total. The molecule has 10 nitrogen and oxygen atoms in total. The molecule has 0 aromatic rings. The lowest BCUT2D eigenvalue weighted by molar-refractivity contribution is -0.153. The second-order valence-electron chi connectivity index (χ2n) is 9.43. The standard InChI is InChI=1S/C26H46N2O8/c1-5-7-13-27-21(25(31)33-3)15-23(29)35-17-19-9-11-20(12-10-19)18-36-24(30)16-22(26(32)34-4)28-14-8-6-2/h19-22,27-28H,5-18H2,1-4H3. The van der Waals surface area contributed by atoms with Crippen LogP contribution in [0.5, 0.6) is 0 Å². The van der Waals surface area contributed by atoms with E-state index in [2.05, 4.69) is 24.5 Å². The Balaban J connectivity index is 2.32. The van der Waals surface area contributed by atoms with Gasteiger partial charge in [-0.3, -0.25) is 19.2 Å². The van der Waals surface area contributed by atoms with Crippen molar-refractivity contribution >= 4 is 23.9 Å². The highest BCUT2D eigenvalue weighted by Crippen LogP contribution is 2.29. The summed E-state index contributed by atoms with van der Waals surface area (Å²) < 4.78 is 20.4. The molecule has 0 aromatic heterocycles. The lowest BCUT2D eigenvalue weighted by Crippen LogP contribution is -2.40. The van der Waals surface area contributed by atoms with E-state index in [1.54, 1.807) is 0 Å². The number of esters is 4. The van der Waals surface area contributed by atoms with Gasteiger partial charge in [-0.25, -0.2) is 0 Å². The number of hydrogen-bond donors (Lipinski definition) is 2. The van der Waals surface area contributed by atoms with Crippen molar-refractivity contribution in [1.29, 1.82) is 0 Å². The first-order valence-electron chi connectivity index (χ1n) is 13.3. The zero-order chi connectivity index (χ0) is 26.8. The smallest absolute Gasteiger partial charge is 0.323 e. The van der Waals surface area contributed by atoms with E-state index in [-0.39, 0.29) is 24.7 Å². The van der Waals surface area contributed by atoms with Crippen LogP contribution in [0.1, 0.15) is 78.1 Å². The number of carbonyl (C=O) groups excluding carboxylic acids is 4. The Bertz CT molecular complexity index is 608. The maximum absolute atomic E-state index is 12.3. The van der Waals surface area contributed by atoms with Crippen LogP contribution in [-0.4, -0.2) is 76.5 Å². The van der Waals surface area contributed by atoms with Crippen LogP contribution >= 0.6 is 0 Å². The van der Waals surface area contributed by atoms with Gasteiger partial charge in [0.25, 0.3) is 0 Å². The molecule has 208 valence electrons. The summed E-state index contributed by atoms with van der Waals surface area (Å²) in [6, 6.07) is -1.39. The molecule has 1 saturated carbocycles. The molecule has 0 aliphatic heterocycles. The van der Waals surface area contributed by atoms with Crippen molar-refractivity contribution < 1.29 is 38.1 Å². The van der Waals surface area contributed by atoms with Gasteiger partial charge in [0.15, 0.2) is 0 Å². The average molecular weight is 515 g/mol. The first kappa shape index (κ1) is 31.8. The summed E-state index contributed by atoms with van der Waals surface area (Å²) in [6.07, 6.45) is 7.15. The van der Waals surface area contributed by atoms with Gasteiger partial charge in [-0.05, 0) is 63.5 Å². The molecule has 0 aromatic carbocycles. The highest BCUT2D eigenvalue weighted by molar-refractivity contribution is 5.83. The van der Waals surface area contributed by atoms with E-state index in [1.807, 2.05) is 0 Å². The molecule has 1 rings (SSSR count). The summed E-state index contributed by atoms with van der Waals surface area (Å²) in [4.78, 5) is 48.3. The Morgan fingerprint density at radius 1 is 0.694 bits per heavy atom. The van der Waals surface area contributed by atoms with E-state index in [0.29, 0.717) is 26.3 Å². The second-order valence-corrected chi connectivity index (χ2v) is 9.43. The van der Waals surface area contributed by atoms with Gasteiger partial charge in [0.05, 0.1) is 40.3 Å². The summed E-state index contributed by atoms with van der Waals surface area (Å²) in [5.41, 5.74) is 0. The predicted octanol–water partition coefficient (Wildman–Crippen LogP) is 2.52. The third-order valence-corrected chi connectivity index (χ3v) is 6.48. The summed E-state index contributed by atoms with van der Waals surface area (Å²) in [6.45, 7) is 6.01. The van der Waals surface area contributed by atoms with Crippen molar-refractivity contribution in [3.05, 3.63) is 0 Å². The molecule has 2 unspecified atom stereocenters. The van der Waals surface area contributed by atoms with Crippen LogP contribution < -0.4 is 10.6 Å². The Morgan fingerprint density at radius 3 is 1.36 bits per heavy atom. The maximum atomic E-state index is 12.3. The molecule has 36 heavy (non-hydrogen) atoms. The van der Waals surface area contributed by atoms with Crippen LogP contribution in [0.3, 0.4) is 0 Å². The minimum atomic E-state index is -0.694. The quantitative estimate of drug-likeness (QED) is 0.160. The first-order valence-corrected chi connectivity index (χ1v) is 13.3. The zero-order valence-corrected chi connectivity index (χ0v) is 22.5. The van der Waals surface area contributed by atoms with Crippen molar-refractivity contribution in [3.8, 4) is 0 Å². The van der Waals surface area contributed by atoms with E-state index in [0.717, 1.165) is 51.4 Å². The van der Waals surface area contributed by atoms with Crippen molar-refractivity contribution in [3.63, 3.8) is 0 Å². The van der Waals surface area contributed by atoms with E-state index in [9.17, 15) is 19.2 Å². The molecule has 0 heterocycles. The highest BCUT2D eigenvalue weighted by atomic mass is 16.5. The number of carbonyl (C=O) groups is 4. The van der Waals surface area contributed by atoms with Crippen LogP contribution in [0.2, 0.25) is 0 Å². The van der Waals surface area contributed by atoms with Gasteiger partial charge in [0.2, 0.25) is 0 Å². The molecule has 10 heteroatoms. The molecule has 0 saturated heterocycles. The number of unbranched alkanes of at least 4 members (excludes halogenated alkanes) is 2. The fourth-order valence-electron chi connectivity index (χ4n) is 4.11. The van der Waals surface area contributed by atoms with Crippen LogP contribution in [-0.2, 0) is 38.1 Å². The van der Waals surface area contributed by atoms with Crippen molar-refractivity contribution in [2.45, 2.75) is 90.1 Å². The Labute approximate surface area is 215 Å². The molecule has 1 aliphatic carbocycles. The van der Waals surface area contributed by atoms with Gasteiger partial charge in [-0.2, -0.15) is 0 Å². The summed E-state index contributed by atoms with van der Waals surface area (Å²) in [5.74, 6) is -1.27. The number of ether oxygens (including phenoxy) is 4. The largest absolute Gasteiger partial charge is 0.468 e. The SMILES string of the molecule is CCCCNC(CC(=O)OCC1CCC(COC(=O)CC(NCCCC)C(=O)OC)CC1)C(=O)OC. The lowest BCUT2D eigenvalue weighted by atomic mass is 9.83. The fraction of sp³-hybridized carbons (Fsp3) is 0.846. The lowest BCUT2D eigenvalue weighted by Gasteiger charge is -2.28. The fourth-order valence-corrected chi connectivity index (χ4v) is 4.11. The number of methoxy groups -OCH3 is 2. The minimum absolute atomic E-state index is 0.0540. The van der Waals surface area contributed by atoms with E-state index < -0.39 is 36.0 Å². The minimum Gasteiger partial charge on any atom is -0.468 e. The molecule has 0 bridgehead atoms. The Hall–Kier alpha value is -2.20. The van der Waals surface area contributed by atoms with Crippen molar-refractivity contribution in [2.24, 2.45) is 11.8 Å².